The third-order valence-corrected chi connectivity index (χ3v) is 6.27. The summed E-state index contributed by atoms with van der Waals surface area (Å²) in [7, 11) is 3.32. The van der Waals surface area contributed by atoms with Crippen LogP contribution in [0.3, 0.4) is 0 Å². The average molecular weight is 446 g/mol. The first kappa shape index (κ1) is 21.1. The second-order valence-electron chi connectivity index (χ2n) is 8.65. The summed E-state index contributed by atoms with van der Waals surface area (Å²) in [6.07, 6.45) is 0.606. The van der Waals surface area contributed by atoms with Gasteiger partial charge in [-0.3, -0.25) is 13.9 Å². The number of rotatable bonds is 5. The molecule has 0 radical (unpaired) electrons. The average Bonchev–Trinajstić information content (AvgIpc) is 3.22. The minimum atomic E-state index is -0.347. The summed E-state index contributed by atoms with van der Waals surface area (Å²) >= 11 is 0. The van der Waals surface area contributed by atoms with Crippen molar-refractivity contribution in [2.45, 2.75) is 26.4 Å². The number of aromatic nitrogens is 4. The van der Waals surface area contributed by atoms with Gasteiger partial charge in [-0.05, 0) is 30.0 Å². The molecule has 170 valence electrons. The van der Waals surface area contributed by atoms with E-state index < -0.39 is 0 Å². The van der Waals surface area contributed by atoms with Crippen LogP contribution in [-0.4, -0.2) is 32.3 Å². The first-order valence-electron chi connectivity index (χ1n) is 11.1. The monoisotopic (exact) mass is 445 g/mol. The fourth-order valence-electron chi connectivity index (χ4n) is 4.58. The van der Waals surface area contributed by atoms with Crippen molar-refractivity contribution in [1.82, 2.24) is 18.7 Å². The molecule has 1 atom stereocenters. The molecule has 33 heavy (non-hydrogen) atoms. The maximum atomic E-state index is 13.6. The highest BCUT2D eigenvalue weighted by Crippen LogP contribution is 2.34. The molecule has 8 nitrogen and oxygen atoms in total. The standard InChI is InChI=1S/C25H27N5O3/c1-17-15-29(19-10-7-11-20(14-19)33-3)24-26-22-21(30(24)16-17)23(31)28(25(32)27(22)2)13-12-18-8-5-4-6-9-18/h4-11,14,17H,12-13,15-16H2,1-3H3/t17-/m1/s1. The fraction of sp³-hybridized carbons (Fsp3) is 0.320. The summed E-state index contributed by atoms with van der Waals surface area (Å²) in [4.78, 5) is 33.5. The van der Waals surface area contributed by atoms with Crippen molar-refractivity contribution >= 4 is 22.8 Å². The highest BCUT2D eigenvalue weighted by Gasteiger charge is 2.30. The Labute approximate surface area is 191 Å². The van der Waals surface area contributed by atoms with Crippen LogP contribution in [0.2, 0.25) is 0 Å². The molecule has 8 heteroatoms. The lowest BCUT2D eigenvalue weighted by Gasteiger charge is -2.33. The normalized spacial score (nSPS) is 15.6. The Bertz CT molecular complexity index is 1430. The molecule has 0 amide bonds. The third kappa shape index (κ3) is 3.61. The Balaban J connectivity index is 1.65. The van der Waals surface area contributed by atoms with E-state index >= 15 is 0 Å². The fourth-order valence-corrected chi connectivity index (χ4v) is 4.58. The number of methoxy groups -OCH3 is 1. The molecule has 0 aliphatic carbocycles. The smallest absolute Gasteiger partial charge is 0.332 e. The van der Waals surface area contributed by atoms with E-state index in [0.717, 1.165) is 23.5 Å². The number of anilines is 2. The molecule has 0 saturated heterocycles. The van der Waals surface area contributed by atoms with Gasteiger partial charge in [0.2, 0.25) is 5.95 Å². The van der Waals surface area contributed by atoms with Crippen molar-refractivity contribution in [2.24, 2.45) is 13.0 Å². The van der Waals surface area contributed by atoms with Crippen molar-refractivity contribution in [1.29, 1.82) is 0 Å². The van der Waals surface area contributed by atoms with E-state index in [0.29, 0.717) is 36.6 Å². The molecule has 0 spiro atoms. The second-order valence-corrected chi connectivity index (χ2v) is 8.65. The summed E-state index contributed by atoms with van der Waals surface area (Å²) in [5, 5.41) is 0. The van der Waals surface area contributed by atoms with Crippen molar-refractivity contribution < 1.29 is 4.74 Å². The van der Waals surface area contributed by atoms with E-state index in [-0.39, 0.29) is 17.2 Å². The van der Waals surface area contributed by atoms with Gasteiger partial charge in [0.1, 0.15) is 5.75 Å². The number of nitrogens with zero attached hydrogens (tertiary/aromatic N) is 5. The van der Waals surface area contributed by atoms with Gasteiger partial charge in [-0.15, -0.1) is 0 Å². The SMILES string of the molecule is COc1cccc(N2C[C@@H](C)Cn3c2nc2c3c(=O)n(CCc3ccccc3)c(=O)n2C)c1. The maximum Gasteiger partial charge on any atom is 0.332 e. The summed E-state index contributed by atoms with van der Waals surface area (Å²) in [5.74, 6) is 1.71. The molecule has 4 aromatic rings. The predicted octanol–water partition coefficient (Wildman–Crippen LogP) is 2.94. The van der Waals surface area contributed by atoms with E-state index in [1.807, 2.05) is 59.2 Å². The molecule has 0 saturated carbocycles. The van der Waals surface area contributed by atoms with E-state index in [9.17, 15) is 9.59 Å². The summed E-state index contributed by atoms with van der Waals surface area (Å²) in [6, 6.07) is 17.7. The van der Waals surface area contributed by atoms with Crippen LogP contribution in [0.5, 0.6) is 5.75 Å². The molecule has 1 aliphatic heterocycles. The van der Waals surface area contributed by atoms with Gasteiger partial charge in [-0.25, -0.2) is 4.79 Å². The molecule has 0 N–H and O–H groups in total. The van der Waals surface area contributed by atoms with Crippen molar-refractivity contribution in [3.05, 3.63) is 81.0 Å². The topological polar surface area (TPSA) is 74.3 Å². The van der Waals surface area contributed by atoms with Crippen molar-refractivity contribution in [2.75, 3.05) is 18.6 Å². The van der Waals surface area contributed by atoms with E-state index in [1.54, 1.807) is 14.2 Å². The quantitative estimate of drug-likeness (QED) is 0.472. The van der Waals surface area contributed by atoms with Gasteiger partial charge in [0, 0.05) is 38.4 Å². The van der Waals surface area contributed by atoms with Gasteiger partial charge < -0.3 is 14.2 Å². The zero-order valence-corrected chi connectivity index (χ0v) is 19.1. The largest absolute Gasteiger partial charge is 0.497 e. The van der Waals surface area contributed by atoms with Crippen LogP contribution in [0.15, 0.2) is 64.2 Å². The molecule has 2 aromatic heterocycles. The Morgan fingerprint density at radius 2 is 1.85 bits per heavy atom. The number of hydrogen-bond donors (Lipinski definition) is 0. The van der Waals surface area contributed by atoms with Crippen molar-refractivity contribution in [3.8, 4) is 5.75 Å². The minimum absolute atomic E-state index is 0.288. The minimum Gasteiger partial charge on any atom is -0.497 e. The third-order valence-electron chi connectivity index (χ3n) is 6.27. The van der Waals surface area contributed by atoms with E-state index in [2.05, 4.69) is 11.8 Å². The number of benzene rings is 2. The molecule has 2 aromatic carbocycles. The van der Waals surface area contributed by atoms with E-state index in [4.69, 9.17) is 9.72 Å². The highest BCUT2D eigenvalue weighted by molar-refractivity contribution is 5.77. The molecule has 0 bridgehead atoms. The van der Waals surface area contributed by atoms with E-state index in [1.165, 1.54) is 9.13 Å². The van der Waals surface area contributed by atoms with Crippen LogP contribution in [0.4, 0.5) is 11.6 Å². The first-order chi connectivity index (χ1) is 16.0. The number of aryl methyl sites for hydroxylation is 2. The predicted molar refractivity (Wildman–Crippen MR) is 129 cm³/mol. The van der Waals surface area contributed by atoms with Gasteiger partial charge in [0.25, 0.3) is 5.56 Å². The lowest BCUT2D eigenvalue weighted by Crippen LogP contribution is -2.40. The van der Waals surface area contributed by atoms with Crippen LogP contribution >= 0.6 is 0 Å². The molecular formula is C25H27N5O3. The molecular weight excluding hydrogens is 418 g/mol. The Hall–Kier alpha value is -3.81. The number of hydrogen-bond acceptors (Lipinski definition) is 5. The first-order valence-corrected chi connectivity index (χ1v) is 11.1. The zero-order chi connectivity index (χ0) is 23.1. The lowest BCUT2D eigenvalue weighted by molar-refractivity contribution is 0.414. The van der Waals surface area contributed by atoms with Crippen LogP contribution in [0, 0.1) is 5.92 Å². The summed E-state index contributed by atoms with van der Waals surface area (Å²) < 4.78 is 10.2. The molecule has 0 fully saturated rings. The summed E-state index contributed by atoms with van der Waals surface area (Å²) in [6.45, 7) is 3.89. The maximum absolute atomic E-state index is 13.6. The Morgan fingerprint density at radius 1 is 1.06 bits per heavy atom. The Kier molecular flexibility index (Phi) is 5.28. The molecule has 1 aliphatic rings. The van der Waals surface area contributed by atoms with Gasteiger partial charge in [0.15, 0.2) is 11.2 Å². The number of ether oxygens (including phenoxy) is 1. The Morgan fingerprint density at radius 3 is 2.61 bits per heavy atom. The van der Waals surface area contributed by atoms with Gasteiger partial charge in [-0.1, -0.05) is 43.3 Å². The van der Waals surface area contributed by atoms with Crippen molar-refractivity contribution in [3.63, 3.8) is 0 Å². The molecule has 0 unspecified atom stereocenters. The molecule has 3 heterocycles. The van der Waals surface area contributed by atoms with Crippen LogP contribution < -0.4 is 20.9 Å². The van der Waals surface area contributed by atoms with Gasteiger partial charge in [-0.2, -0.15) is 4.98 Å². The van der Waals surface area contributed by atoms with Crippen LogP contribution in [0.1, 0.15) is 12.5 Å². The number of imidazole rings is 1. The van der Waals surface area contributed by atoms with Gasteiger partial charge >= 0.3 is 5.69 Å². The van der Waals surface area contributed by atoms with Crippen LogP contribution in [0.25, 0.3) is 11.2 Å². The molecule has 5 rings (SSSR count). The zero-order valence-electron chi connectivity index (χ0n) is 19.1. The van der Waals surface area contributed by atoms with Gasteiger partial charge in [0.05, 0.1) is 7.11 Å². The second kappa shape index (κ2) is 8.27. The van der Waals surface area contributed by atoms with Crippen LogP contribution in [-0.2, 0) is 26.6 Å². The lowest BCUT2D eigenvalue weighted by atomic mass is 10.1. The highest BCUT2D eigenvalue weighted by atomic mass is 16.5. The summed E-state index contributed by atoms with van der Waals surface area (Å²) in [5.41, 5.74) is 2.27. The number of fused-ring (bicyclic) bond motifs is 3.